The lowest BCUT2D eigenvalue weighted by molar-refractivity contribution is 0.469. The Labute approximate surface area is 92.2 Å². The maximum absolute atomic E-state index is 13.3. The normalized spacial score (nSPS) is 11.2. The van der Waals surface area contributed by atoms with Crippen LogP contribution in [0.1, 0.15) is 19.1 Å². The largest absolute Gasteiger partial charge is 0.457 e. The Morgan fingerprint density at radius 1 is 1.31 bits per heavy atom. The molecule has 1 aromatic carbocycles. The van der Waals surface area contributed by atoms with Crippen molar-refractivity contribution in [3.05, 3.63) is 35.6 Å². The fourth-order valence-corrected chi connectivity index (χ4v) is 1.57. The summed E-state index contributed by atoms with van der Waals surface area (Å²) in [4.78, 5) is 0. The Bertz CT molecular complexity index is 493. The molecule has 0 saturated heterocycles. The number of furan rings is 1. The Morgan fingerprint density at radius 2 is 2.12 bits per heavy atom. The summed E-state index contributed by atoms with van der Waals surface area (Å²) in [5, 5.41) is 3.73. The molecule has 2 aromatic rings. The van der Waals surface area contributed by atoms with Crippen molar-refractivity contribution >= 4 is 11.0 Å². The summed E-state index contributed by atoms with van der Waals surface area (Å²) in [6.45, 7) is 3.46. The van der Waals surface area contributed by atoms with Crippen LogP contribution >= 0.6 is 0 Å². The minimum Gasteiger partial charge on any atom is -0.457 e. The minimum absolute atomic E-state index is 0.00621. The number of hydrogen-bond acceptors (Lipinski definition) is 2. The van der Waals surface area contributed by atoms with E-state index in [1.165, 1.54) is 6.07 Å². The van der Waals surface area contributed by atoms with Gasteiger partial charge in [0.2, 0.25) is 5.82 Å². The standard InChI is InChI=1S/C12H13F2NO/c1-2-5-15-7-9-6-8-3-4-10(13)11(14)12(8)16-9/h3-4,6,15H,2,5,7H2,1H3. The van der Waals surface area contributed by atoms with Gasteiger partial charge in [-0.1, -0.05) is 6.92 Å². The summed E-state index contributed by atoms with van der Waals surface area (Å²) in [6, 6.07) is 4.34. The van der Waals surface area contributed by atoms with Crippen molar-refractivity contribution in [2.75, 3.05) is 6.54 Å². The average Bonchev–Trinajstić information content (AvgIpc) is 2.68. The predicted octanol–water partition coefficient (Wildman–Crippen LogP) is 3.21. The fourth-order valence-electron chi connectivity index (χ4n) is 1.57. The van der Waals surface area contributed by atoms with Gasteiger partial charge in [-0.3, -0.25) is 0 Å². The summed E-state index contributed by atoms with van der Waals surface area (Å²) in [6.07, 6.45) is 1.02. The molecule has 0 fully saturated rings. The van der Waals surface area contributed by atoms with Gasteiger partial charge in [0.1, 0.15) is 5.76 Å². The van der Waals surface area contributed by atoms with Crippen molar-refractivity contribution in [2.24, 2.45) is 0 Å². The van der Waals surface area contributed by atoms with Gasteiger partial charge in [0, 0.05) is 5.39 Å². The molecule has 0 bridgehead atoms. The van der Waals surface area contributed by atoms with Crippen LogP contribution in [0.2, 0.25) is 0 Å². The maximum atomic E-state index is 13.3. The quantitative estimate of drug-likeness (QED) is 0.808. The lowest BCUT2D eigenvalue weighted by Crippen LogP contribution is -2.12. The number of hydrogen-bond donors (Lipinski definition) is 1. The van der Waals surface area contributed by atoms with E-state index in [1.807, 2.05) is 0 Å². The molecule has 0 radical (unpaired) electrons. The highest BCUT2D eigenvalue weighted by Crippen LogP contribution is 2.23. The lowest BCUT2D eigenvalue weighted by atomic mass is 10.2. The molecule has 1 aromatic heterocycles. The van der Waals surface area contributed by atoms with Gasteiger partial charge in [-0.05, 0) is 31.2 Å². The van der Waals surface area contributed by atoms with Crippen LogP contribution in [0.5, 0.6) is 0 Å². The van der Waals surface area contributed by atoms with E-state index in [2.05, 4.69) is 12.2 Å². The molecule has 1 heterocycles. The molecule has 2 nitrogen and oxygen atoms in total. The number of benzene rings is 1. The van der Waals surface area contributed by atoms with Crippen LogP contribution in [-0.4, -0.2) is 6.54 Å². The van der Waals surface area contributed by atoms with Gasteiger partial charge in [0.15, 0.2) is 11.4 Å². The maximum Gasteiger partial charge on any atom is 0.201 e. The molecule has 1 N–H and O–H groups in total. The summed E-state index contributed by atoms with van der Waals surface area (Å²) in [7, 11) is 0. The van der Waals surface area contributed by atoms with Crippen molar-refractivity contribution in [1.82, 2.24) is 5.32 Å². The topological polar surface area (TPSA) is 25.2 Å². The summed E-state index contributed by atoms with van der Waals surface area (Å²) in [5.74, 6) is -1.18. The van der Waals surface area contributed by atoms with Crippen LogP contribution in [0.15, 0.2) is 22.6 Å². The van der Waals surface area contributed by atoms with E-state index in [9.17, 15) is 8.78 Å². The van der Waals surface area contributed by atoms with E-state index < -0.39 is 11.6 Å². The van der Waals surface area contributed by atoms with Crippen LogP contribution in [-0.2, 0) is 6.54 Å². The van der Waals surface area contributed by atoms with Gasteiger partial charge in [-0.2, -0.15) is 4.39 Å². The molecular weight excluding hydrogens is 212 g/mol. The van der Waals surface area contributed by atoms with E-state index in [0.717, 1.165) is 19.0 Å². The zero-order valence-electron chi connectivity index (χ0n) is 9.02. The van der Waals surface area contributed by atoms with E-state index in [-0.39, 0.29) is 5.58 Å². The number of halogens is 2. The molecule has 2 rings (SSSR count). The molecule has 86 valence electrons. The molecule has 0 aliphatic rings. The first-order valence-electron chi connectivity index (χ1n) is 5.29. The third kappa shape index (κ3) is 2.07. The summed E-state index contributed by atoms with van der Waals surface area (Å²) >= 11 is 0. The molecule has 0 spiro atoms. The van der Waals surface area contributed by atoms with Crippen LogP contribution in [0.25, 0.3) is 11.0 Å². The minimum atomic E-state index is -0.917. The zero-order chi connectivity index (χ0) is 11.5. The smallest absolute Gasteiger partial charge is 0.201 e. The zero-order valence-corrected chi connectivity index (χ0v) is 9.02. The summed E-state index contributed by atoms with van der Waals surface area (Å²) in [5.41, 5.74) is -0.00621. The number of nitrogens with one attached hydrogen (secondary N) is 1. The Kier molecular flexibility index (Phi) is 3.19. The Balaban J connectivity index is 2.26. The molecule has 0 aliphatic carbocycles. The molecular formula is C12H13F2NO. The third-order valence-corrected chi connectivity index (χ3v) is 2.36. The van der Waals surface area contributed by atoms with Gasteiger partial charge >= 0.3 is 0 Å². The SMILES string of the molecule is CCCNCc1cc2ccc(F)c(F)c2o1. The van der Waals surface area contributed by atoms with E-state index in [0.29, 0.717) is 17.7 Å². The molecule has 0 unspecified atom stereocenters. The van der Waals surface area contributed by atoms with Crippen LogP contribution in [0.3, 0.4) is 0 Å². The second-order valence-corrected chi connectivity index (χ2v) is 3.67. The fraction of sp³-hybridized carbons (Fsp3) is 0.333. The van der Waals surface area contributed by atoms with Gasteiger partial charge in [0.25, 0.3) is 0 Å². The third-order valence-electron chi connectivity index (χ3n) is 2.36. The molecule has 0 atom stereocenters. The second kappa shape index (κ2) is 4.61. The van der Waals surface area contributed by atoms with E-state index >= 15 is 0 Å². The van der Waals surface area contributed by atoms with Crippen LogP contribution in [0, 0.1) is 11.6 Å². The molecule has 0 amide bonds. The highest BCUT2D eigenvalue weighted by Gasteiger charge is 2.12. The Hall–Kier alpha value is -1.42. The van der Waals surface area contributed by atoms with Crippen LogP contribution < -0.4 is 5.32 Å². The van der Waals surface area contributed by atoms with Gasteiger partial charge in [-0.15, -0.1) is 0 Å². The highest BCUT2D eigenvalue weighted by atomic mass is 19.2. The molecule has 0 saturated carbocycles. The first-order chi connectivity index (χ1) is 7.72. The van der Waals surface area contributed by atoms with E-state index in [1.54, 1.807) is 6.07 Å². The predicted molar refractivity (Wildman–Crippen MR) is 58.1 cm³/mol. The molecule has 0 aliphatic heterocycles. The first kappa shape index (κ1) is 11.1. The van der Waals surface area contributed by atoms with Crippen molar-refractivity contribution in [3.8, 4) is 0 Å². The number of rotatable bonds is 4. The van der Waals surface area contributed by atoms with Crippen LogP contribution in [0.4, 0.5) is 8.78 Å². The van der Waals surface area contributed by atoms with Crippen molar-refractivity contribution in [2.45, 2.75) is 19.9 Å². The Morgan fingerprint density at radius 3 is 2.88 bits per heavy atom. The van der Waals surface area contributed by atoms with Gasteiger partial charge in [0.05, 0.1) is 6.54 Å². The average molecular weight is 225 g/mol. The van der Waals surface area contributed by atoms with Gasteiger partial charge < -0.3 is 9.73 Å². The monoisotopic (exact) mass is 225 g/mol. The highest BCUT2D eigenvalue weighted by molar-refractivity contribution is 5.78. The lowest BCUT2D eigenvalue weighted by Gasteiger charge is -1.97. The second-order valence-electron chi connectivity index (χ2n) is 3.67. The molecule has 4 heteroatoms. The van der Waals surface area contributed by atoms with E-state index in [4.69, 9.17) is 4.42 Å². The number of fused-ring (bicyclic) bond motifs is 1. The van der Waals surface area contributed by atoms with Crippen molar-refractivity contribution in [3.63, 3.8) is 0 Å². The van der Waals surface area contributed by atoms with Crippen molar-refractivity contribution in [1.29, 1.82) is 0 Å². The summed E-state index contributed by atoms with van der Waals surface area (Å²) < 4.78 is 31.5. The first-order valence-corrected chi connectivity index (χ1v) is 5.29. The van der Waals surface area contributed by atoms with Crippen molar-refractivity contribution < 1.29 is 13.2 Å². The molecule has 16 heavy (non-hydrogen) atoms. The van der Waals surface area contributed by atoms with Gasteiger partial charge in [-0.25, -0.2) is 4.39 Å².